The van der Waals surface area contributed by atoms with E-state index in [4.69, 9.17) is 0 Å². The summed E-state index contributed by atoms with van der Waals surface area (Å²) in [7, 11) is 0. The molecule has 112 valence electrons. The van der Waals surface area contributed by atoms with Gasteiger partial charge in [0.15, 0.2) is 0 Å². The Bertz CT molecular complexity index is 823. The van der Waals surface area contributed by atoms with Crippen molar-refractivity contribution in [3.63, 3.8) is 0 Å². The Kier molecular flexibility index (Phi) is 5.34. The molecule has 1 aliphatic rings. The Morgan fingerprint density at radius 2 is 1.70 bits per heavy atom. The monoisotopic (exact) mass is 300 g/mol. The average molecular weight is 300 g/mol. The predicted molar refractivity (Wildman–Crippen MR) is 90.9 cm³/mol. The van der Waals surface area contributed by atoms with E-state index in [1.54, 1.807) is 24.3 Å². The van der Waals surface area contributed by atoms with Crippen LogP contribution in [-0.2, 0) is 0 Å². The van der Waals surface area contributed by atoms with Crippen LogP contribution in [0.2, 0.25) is 0 Å². The molecular formula is C20H16N2O. The molecule has 3 nitrogen and oxygen atoms in total. The Balaban J connectivity index is 2.37. The van der Waals surface area contributed by atoms with Crippen molar-refractivity contribution in [2.24, 2.45) is 0 Å². The van der Waals surface area contributed by atoms with Crippen LogP contribution in [0.1, 0.15) is 18.9 Å². The highest BCUT2D eigenvalue weighted by atomic mass is 16.3. The summed E-state index contributed by atoms with van der Waals surface area (Å²) in [5.41, 5.74) is 3.15. The Morgan fingerprint density at radius 3 is 2.35 bits per heavy atom. The summed E-state index contributed by atoms with van der Waals surface area (Å²) < 4.78 is 0. The molecular weight excluding hydrogens is 284 g/mol. The van der Waals surface area contributed by atoms with Crippen LogP contribution in [-0.4, -0.2) is 5.11 Å². The third kappa shape index (κ3) is 4.33. The van der Waals surface area contributed by atoms with Crippen molar-refractivity contribution in [2.75, 3.05) is 0 Å². The van der Waals surface area contributed by atoms with Crippen molar-refractivity contribution in [3.8, 4) is 12.1 Å². The number of nitriles is 2. The van der Waals surface area contributed by atoms with E-state index in [-0.39, 0.29) is 5.76 Å². The summed E-state index contributed by atoms with van der Waals surface area (Å²) in [5.74, 6) is 0.215. The van der Waals surface area contributed by atoms with Crippen molar-refractivity contribution in [1.82, 2.24) is 0 Å². The second-order valence-corrected chi connectivity index (χ2v) is 5.14. The van der Waals surface area contributed by atoms with Gasteiger partial charge < -0.3 is 5.11 Å². The van der Waals surface area contributed by atoms with Gasteiger partial charge in [0.1, 0.15) is 17.9 Å². The lowest BCUT2D eigenvalue weighted by Crippen LogP contribution is -1.87. The normalized spacial score (nSPS) is 15.5. The molecule has 3 heteroatoms. The molecule has 1 aliphatic carbocycles. The lowest BCUT2D eigenvalue weighted by atomic mass is 10.0. The van der Waals surface area contributed by atoms with Crippen LogP contribution < -0.4 is 0 Å². The summed E-state index contributed by atoms with van der Waals surface area (Å²) in [6, 6.07) is 13.6. The SMILES string of the molecule is CC1=CCC(/C=C(C#N)/C(C#N)=C/c2ccccc2)=CC=C1O. The van der Waals surface area contributed by atoms with E-state index in [1.165, 1.54) is 0 Å². The van der Waals surface area contributed by atoms with Gasteiger partial charge >= 0.3 is 0 Å². The summed E-state index contributed by atoms with van der Waals surface area (Å²) in [4.78, 5) is 0. The molecule has 0 radical (unpaired) electrons. The number of hydrogen-bond acceptors (Lipinski definition) is 3. The van der Waals surface area contributed by atoms with E-state index in [0.29, 0.717) is 17.6 Å². The van der Waals surface area contributed by atoms with Gasteiger partial charge in [0, 0.05) is 0 Å². The van der Waals surface area contributed by atoms with Gasteiger partial charge in [0.25, 0.3) is 0 Å². The van der Waals surface area contributed by atoms with Gasteiger partial charge in [0.05, 0.1) is 11.1 Å². The van der Waals surface area contributed by atoms with Gasteiger partial charge in [0.2, 0.25) is 0 Å². The van der Waals surface area contributed by atoms with Crippen molar-refractivity contribution in [2.45, 2.75) is 13.3 Å². The smallest absolute Gasteiger partial charge is 0.118 e. The van der Waals surface area contributed by atoms with Gasteiger partial charge in [-0.25, -0.2) is 0 Å². The van der Waals surface area contributed by atoms with Crippen molar-refractivity contribution in [3.05, 3.63) is 88.3 Å². The molecule has 0 aromatic heterocycles. The first-order valence-electron chi connectivity index (χ1n) is 7.20. The van der Waals surface area contributed by atoms with Crippen LogP contribution in [0, 0.1) is 22.7 Å². The van der Waals surface area contributed by atoms with E-state index in [9.17, 15) is 15.6 Å². The average Bonchev–Trinajstić information content (AvgIpc) is 2.74. The fourth-order valence-corrected chi connectivity index (χ4v) is 2.11. The maximum atomic E-state index is 9.72. The van der Waals surface area contributed by atoms with Crippen LogP contribution >= 0.6 is 0 Å². The molecule has 1 N–H and O–H groups in total. The highest BCUT2D eigenvalue weighted by molar-refractivity contribution is 5.67. The highest BCUT2D eigenvalue weighted by Gasteiger charge is 2.07. The van der Waals surface area contributed by atoms with Crippen LogP contribution in [0.5, 0.6) is 0 Å². The number of nitrogens with zero attached hydrogens (tertiary/aromatic N) is 2. The second-order valence-electron chi connectivity index (χ2n) is 5.14. The minimum Gasteiger partial charge on any atom is -0.508 e. The molecule has 0 spiro atoms. The van der Waals surface area contributed by atoms with Crippen molar-refractivity contribution < 1.29 is 5.11 Å². The molecule has 0 atom stereocenters. The van der Waals surface area contributed by atoms with Gasteiger partial charge in [-0.05, 0) is 48.3 Å². The first kappa shape index (κ1) is 16.1. The lowest BCUT2D eigenvalue weighted by Gasteiger charge is -2.00. The Hall–Kier alpha value is -3.30. The summed E-state index contributed by atoms with van der Waals surface area (Å²) in [6.07, 6.45) is 9.24. The van der Waals surface area contributed by atoms with E-state index in [0.717, 1.165) is 16.7 Å². The van der Waals surface area contributed by atoms with Crippen molar-refractivity contribution >= 4 is 6.08 Å². The third-order valence-electron chi connectivity index (χ3n) is 3.47. The Labute approximate surface area is 136 Å². The maximum absolute atomic E-state index is 9.72. The van der Waals surface area contributed by atoms with Crippen LogP contribution in [0.3, 0.4) is 0 Å². The minimum atomic E-state index is 0.215. The number of rotatable bonds is 3. The molecule has 0 saturated carbocycles. The molecule has 0 unspecified atom stereocenters. The predicted octanol–water partition coefficient (Wildman–Crippen LogP) is 4.76. The second kappa shape index (κ2) is 7.64. The first-order valence-corrected chi connectivity index (χ1v) is 7.20. The standard InChI is InChI=1S/C20H16N2O/c1-15-7-8-17(9-10-20(15)23)12-19(14-22)18(13-21)11-16-5-3-2-4-6-16/h2-7,9-12,23H,8H2,1H3/b18-11+,19-12+. The van der Waals surface area contributed by atoms with E-state index < -0.39 is 0 Å². The van der Waals surface area contributed by atoms with Gasteiger partial charge in [-0.1, -0.05) is 42.5 Å². The number of aliphatic hydroxyl groups excluding tert-OH is 1. The van der Waals surface area contributed by atoms with Crippen LogP contribution in [0.15, 0.2) is 82.7 Å². The number of allylic oxidation sites excluding steroid dienone is 8. The molecule has 0 fully saturated rings. The Morgan fingerprint density at radius 1 is 1.04 bits per heavy atom. The maximum Gasteiger partial charge on any atom is 0.118 e. The number of aliphatic hydroxyl groups is 1. The molecule has 2 rings (SSSR count). The largest absolute Gasteiger partial charge is 0.508 e. The number of benzene rings is 1. The van der Waals surface area contributed by atoms with Crippen LogP contribution in [0.4, 0.5) is 0 Å². The molecule has 0 saturated heterocycles. The summed E-state index contributed by atoms with van der Waals surface area (Å²) >= 11 is 0. The van der Waals surface area contributed by atoms with Crippen molar-refractivity contribution in [1.29, 1.82) is 10.5 Å². The molecule has 0 bridgehead atoms. The topological polar surface area (TPSA) is 67.8 Å². The van der Waals surface area contributed by atoms with Crippen LogP contribution in [0.25, 0.3) is 6.08 Å². The van der Waals surface area contributed by atoms with Gasteiger partial charge in [-0.2, -0.15) is 10.5 Å². The van der Waals surface area contributed by atoms with Gasteiger partial charge in [-0.15, -0.1) is 0 Å². The molecule has 1 aromatic carbocycles. The fraction of sp³-hybridized carbons (Fsp3) is 0.100. The lowest BCUT2D eigenvalue weighted by molar-refractivity contribution is 0.423. The minimum absolute atomic E-state index is 0.215. The summed E-state index contributed by atoms with van der Waals surface area (Å²) in [5, 5.41) is 28.5. The molecule has 0 aliphatic heterocycles. The highest BCUT2D eigenvalue weighted by Crippen LogP contribution is 2.21. The van der Waals surface area contributed by atoms with Gasteiger partial charge in [-0.3, -0.25) is 0 Å². The van der Waals surface area contributed by atoms with E-state index in [1.807, 2.05) is 43.3 Å². The third-order valence-corrected chi connectivity index (χ3v) is 3.47. The fourth-order valence-electron chi connectivity index (χ4n) is 2.11. The number of hydrogen-bond donors (Lipinski definition) is 1. The quantitative estimate of drug-likeness (QED) is 0.646. The van der Waals surface area contributed by atoms with E-state index >= 15 is 0 Å². The summed E-state index contributed by atoms with van der Waals surface area (Å²) in [6.45, 7) is 1.83. The molecule has 0 heterocycles. The molecule has 1 aromatic rings. The van der Waals surface area contributed by atoms with E-state index in [2.05, 4.69) is 12.1 Å². The zero-order valence-electron chi connectivity index (χ0n) is 12.8. The molecule has 0 amide bonds. The first-order chi connectivity index (χ1) is 11.1. The zero-order chi connectivity index (χ0) is 16.7. The molecule has 23 heavy (non-hydrogen) atoms. The zero-order valence-corrected chi connectivity index (χ0v) is 12.8.